The van der Waals surface area contributed by atoms with E-state index in [1.54, 1.807) is 30.0 Å². The Kier molecular flexibility index (Phi) is 4.23. The van der Waals surface area contributed by atoms with Crippen LogP contribution in [0.2, 0.25) is 0 Å². The van der Waals surface area contributed by atoms with Crippen molar-refractivity contribution < 1.29 is 4.79 Å². The third-order valence-corrected chi connectivity index (χ3v) is 2.04. The summed E-state index contributed by atoms with van der Waals surface area (Å²) in [5.74, 6) is 0.767. The fraction of sp³-hybridized carbons (Fsp3) is 0.667. The number of rotatable bonds is 5. The van der Waals surface area contributed by atoms with Crippen molar-refractivity contribution >= 4 is 5.91 Å². The highest BCUT2D eigenvalue weighted by atomic mass is 16.2. The molecule has 84 valence electrons. The van der Waals surface area contributed by atoms with Gasteiger partial charge in [0.05, 0.1) is 6.54 Å². The van der Waals surface area contributed by atoms with Crippen LogP contribution < -0.4 is 5.73 Å². The molecule has 0 fully saturated rings. The zero-order chi connectivity index (χ0) is 11.3. The van der Waals surface area contributed by atoms with E-state index in [0.717, 1.165) is 6.42 Å². The van der Waals surface area contributed by atoms with Crippen LogP contribution in [-0.4, -0.2) is 39.7 Å². The summed E-state index contributed by atoms with van der Waals surface area (Å²) in [6, 6.07) is 0. The molecule has 0 saturated carbocycles. The number of carbonyl (C=O) groups excluding carboxylic acids is 1. The summed E-state index contributed by atoms with van der Waals surface area (Å²) >= 11 is 0. The number of hydrogen-bond donors (Lipinski definition) is 1. The van der Waals surface area contributed by atoms with Crippen LogP contribution in [0.25, 0.3) is 0 Å². The average Bonchev–Trinajstić information content (AvgIpc) is 2.65. The molecule has 15 heavy (non-hydrogen) atoms. The minimum atomic E-state index is 0.133. The largest absolute Gasteiger partial charge is 0.349 e. The molecule has 1 aromatic heterocycles. The first-order valence-corrected chi connectivity index (χ1v) is 4.92. The molecular weight excluding hydrogens is 194 g/mol. The van der Waals surface area contributed by atoms with Crippen molar-refractivity contribution in [2.24, 2.45) is 5.73 Å². The lowest BCUT2D eigenvalue weighted by atomic mass is 10.3. The molecule has 6 nitrogen and oxygen atoms in total. The van der Waals surface area contributed by atoms with E-state index >= 15 is 0 Å². The van der Waals surface area contributed by atoms with Crippen LogP contribution in [0.3, 0.4) is 0 Å². The Balaban J connectivity index is 2.28. The lowest BCUT2D eigenvalue weighted by molar-refractivity contribution is -0.128. The van der Waals surface area contributed by atoms with E-state index in [9.17, 15) is 4.79 Å². The Morgan fingerprint density at radius 3 is 2.87 bits per heavy atom. The summed E-state index contributed by atoms with van der Waals surface area (Å²) in [4.78, 5) is 16.8. The first kappa shape index (κ1) is 11.6. The van der Waals surface area contributed by atoms with Crippen LogP contribution in [0.5, 0.6) is 0 Å². The molecule has 1 aromatic rings. The lowest BCUT2D eigenvalue weighted by Gasteiger charge is -2.09. The number of nitrogens with zero attached hydrogens (tertiary/aromatic N) is 4. The summed E-state index contributed by atoms with van der Waals surface area (Å²) in [6.45, 7) is 1.05. The molecule has 1 heterocycles. The summed E-state index contributed by atoms with van der Waals surface area (Å²) in [5.41, 5.74) is 5.38. The maximum Gasteiger partial charge on any atom is 0.222 e. The van der Waals surface area contributed by atoms with Crippen LogP contribution >= 0.6 is 0 Å². The third-order valence-electron chi connectivity index (χ3n) is 2.04. The van der Waals surface area contributed by atoms with Gasteiger partial charge >= 0.3 is 0 Å². The van der Waals surface area contributed by atoms with E-state index in [1.807, 2.05) is 0 Å². The first-order valence-electron chi connectivity index (χ1n) is 4.92. The van der Waals surface area contributed by atoms with Crippen molar-refractivity contribution in [2.45, 2.75) is 25.9 Å². The molecular formula is C9H17N5O. The molecule has 6 heteroatoms. The number of amides is 1. The van der Waals surface area contributed by atoms with Crippen molar-refractivity contribution in [1.82, 2.24) is 19.7 Å². The van der Waals surface area contributed by atoms with Gasteiger partial charge in [-0.1, -0.05) is 0 Å². The lowest BCUT2D eigenvalue weighted by Crippen LogP contribution is -2.21. The van der Waals surface area contributed by atoms with Gasteiger partial charge in [0.25, 0.3) is 0 Å². The molecule has 1 amide bonds. The van der Waals surface area contributed by atoms with Crippen molar-refractivity contribution in [3.63, 3.8) is 0 Å². The Labute approximate surface area is 89.1 Å². The molecule has 1 rings (SSSR count). The van der Waals surface area contributed by atoms with Gasteiger partial charge < -0.3 is 10.6 Å². The number of aromatic nitrogens is 3. The van der Waals surface area contributed by atoms with Crippen LogP contribution in [0.4, 0.5) is 0 Å². The van der Waals surface area contributed by atoms with Gasteiger partial charge in [-0.15, -0.1) is 0 Å². The molecule has 0 bridgehead atoms. The summed E-state index contributed by atoms with van der Waals surface area (Å²) < 4.78 is 1.71. The predicted octanol–water partition coefficient (Wildman–Crippen LogP) is -0.395. The van der Waals surface area contributed by atoms with Crippen molar-refractivity contribution in [1.29, 1.82) is 0 Å². The molecule has 0 saturated heterocycles. The predicted molar refractivity (Wildman–Crippen MR) is 55.8 cm³/mol. The van der Waals surface area contributed by atoms with E-state index < -0.39 is 0 Å². The Bertz CT molecular complexity index is 320. The normalized spacial score (nSPS) is 10.3. The topological polar surface area (TPSA) is 77.0 Å². The highest BCUT2D eigenvalue weighted by Gasteiger charge is 2.04. The van der Waals surface area contributed by atoms with Crippen molar-refractivity contribution in [3.8, 4) is 0 Å². The second-order valence-electron chi connectivity index (χ2n) is 3.52. The molecule has 0 unspecified atom stereocenters. The Morgan fingerprint density at radius 1 is 1.60 bits per heavy atom. The number of carbonyl (C=O) groups is 1. The van der Waals surface area contributed by atoms with Crippen LogP contribution in [0, 0.1) is 0 Å². The Morgan fingerprint density at radius 2 is 2.33 bits per heavy atom. The zero-order valence-electron chi connectivity index (χ0n) is 9.18. The van der Waals surface area contributed by atoms with E-state index in [1.165, 1.54) is 0 Å². The van der Waals surface area contributed by atoms with E-state index in [2.05, 4.69) is 10.1 Å². The molecule has 2 N–H and O–H groups in total. The van der Waals surface area contributed by atoms with Crippen LogP contribution in [-0.2, 0) is 17.9 Å². The Hall–Kier alpha value is -1.43. The molecule has 0 aliphatic heterocycles. The first-order chi connectivity index (χ1) is 7.13. The molecule has 0 aliphatic rings. The van der Waals surface area contributed by atoms with Crippen molar-refractivity contribution in [3.05, 3.63) is 12.2 Å². The third kappa shape index (κ3) is 3.67. The van der Waals surface area contributed by atoms with Crippen LogP contribution in [0.1, 0.15) is 18.7 Å². The molecule has 0 radical (unpaired) electrons. The van der Waals surface area contributed by atoms with Crippen molar-refractivity contribution in [2.75, 3.05) is 14.1 Å². The maximum absolute atomic E-state index is 11.3. The summed E-state index contributed by atoms with van der Waals surface area (Å²) in [7, 11) is 3.51. The number of hydrogen-bond acceptors (Lipinski definition) is 4. The quantitative estimate of drug-likeness (QED) is 0.719. The second-order valence-corrected chi connectivity index (χ2v) is 3.52. The molecule has 0 aromatic carbocycles. The van der Waals surface area contributed by atoms with Crippen LogP contribution in [0.15, 0.2) is 6.33 Å². The van der Waals surface area contributed by atoms with E-state index in [0.29, 0.717) is 25.3 Å². The van der Waals surface area contributed by atoms with Gasteiger partial charge in [0.1, 0.15) is 6.33 Å². The van der Waals surface area contributed by atoms with Gasteiger partial charge in [-0.25, -0.2) is 4.98 Å². The molecule has 0 atom stereocenters. The van der Waals surface area contributed by atoms with Gasteiger partial charge in [-0.2, -0.15) is 5.10 Å². The minimum Gasteiger partial charge on any atom is -0.349 e. The van der Waals surface area contributed by atoms with Gasteiger partial charge in [-0.05, 0) is 6.42 Å². The fourth-order valence-electron chi connectivity index (χ4n) is 1.15. The summed E-state index contributed by atoms with van der Waals surface area (Å²) in [6.07, 6.45) is 2.94. The number of nitrogens with two attached hydrogens (primary N) is 1. The van der Waals surface area contributed by atoms with E-state index in [-0.39, 0.29) is 5.91 Å². The minimum absolute atomic E-state index is 0.133. The highest BCUT2D eigenvalue weighted by Crippen LogP contribution is 1.97. The van der Waals surface area contributed by atoms with Gasteiger partial charge in [-0.3, -0.25) is 9.48 Å². The van der Waals surface area contributed by atoms with E-state index in [4.69, 9.17) is 5.73 Å². The smallest absolute Gasteiger partial charge is 0.222 e. The summed E-state index contributed by atoms with van der Waals surface area (Å²) in [5, 5.41) is 4.13. The monoisotopic (exact) mass is 211 g/mol. The molecule has 0 aliphatic carbocycles. The van der Waals surface area contributed by atoms with Gasteiger partial charge in [0.15, 0.2) is 5.82 Å². The standard InChI is InChI=1S/C9H17N5O/c1-13(2)9(15)4-3-5-14-7-11-8(6-10)12-14/h7H,3-6,10H2,1-2H3. The second kappa shape index (κ2) is 5.45. The number of aryl methyl sites for hydroxylation is 1. The van der Waals surface area contributed by atoms with Gasteiger partial charge in [0, 0.05) is 27.1 Å². The molecule has 0 spiro atoms. The average molecular weight is 211 g/mol. The zero-order valence-corrected chi connectivity index (χ0v) is 9.18. The fourth-order valence-corrected chi connectivity index (χ4v) is 1.15. The SMILES string of the molecule is CN(C)C(=O)CCCn1cnc(CN)n1. The van der Waals surface area contributed by atoms with Gasteiger partial charge in [0.2, 0.25) is 5.91 Å². The highest BCUT2D eigenvalue weighted by molar-refractivity contribution is 5.75. The maximum atomic E-state index is 11.3.